The van der Waals surface area contributed by atoms with Crippen LogP contribution in [0.1, 0.15) is 23.4 Å². The van der Waals surface area contributed by atoms with E-state index in [9.17, 15) is 8.78 Å². The van der Waals surface area contributed by atoms with Crippen LogP contribution in [0.25, 0.3) is 0 Å². The van der Waals surface area contributed by atoms with Crippen LogP contribution in [0.5, 0.6) is 0 Å². The number of hydrogen-bond donors (Lipinski definition) is 1. The van der Waals surface area contributed by atoms with Crippen molar-refractivity contribution in [3.05, 3.63) is 26.6 Å². The molecule has 78 valence electrons. The van der Waals surface area contributed by atoms with Gasteiger partial charge in [0, 0.05) is 14.5 Å². The zero-order valence-corrected chi connectivity index (χ0v) is 10.7. The highest BCUT2D eigenvalue weighted by molar-refractivity contribution is 14.1. The first-order valence-electron chi connectivity index (χ1n) is 3.73. The summed E-state index contributed by atoms with van der Waals surface area (Å²) in [5.74, 6) is 0. The number of aromatic nitrogens is 1. The first-order chi connectivity index (χ1) is 6.60. The van der Waals surface area contributed by atoms with Gasteiger partial charge in [-0.2, -0.15) is 0 Å². The number of nitrogens with zero attached hydrogens (tertiary/aromatic N) is 1. The van der Waals surface area contributed by atoms with Crippen LogP contribution in [0.15, 0.2) is 6.07 Å². The van der Waals surface area contributed by atoms with Gasteiger partial charge in [0.15, 0.2) is 0 Å². The molecule has 0 aliphatic carbocycles. The fourth-order valence-electron chi connectivity index (χ4n) is 0.990. The Morgan fingerprint density at radius 3 is 2.64 bits per heavy atom. The van der Waals surface area contributed by atoms with Crippen LogP contribution in [-0.2, 0) is 11.9 Å². The number of rotatable bonds is 3. The van der Waals surface area contributed by atoms with Crippen molar-refractivity contribution in [1.29, 1.82) is 0 Å². The third-order valence-electron chi connectivity index (χ3n) is 1.66. The van der Waals surface area contributed by atoms with Gasteiger partial charge in [-0.15, -0.1) is 0 Å². The maximum absolute atomic E-state index is 12.5. The van der Waals surface area contributed by atoms with Gasteiger partial charge in [0.05, 0.1) is 12.3 Å². The lowest BCUT2D eigenvalue weighted by Crippen LogP contribution is -2.03. The molecule has 0 spiro atoms. The molecule has 0 atom stereocenters. The Labute approximate surface area is 102 Å². The fraction of sp³-hybridized carbons (Fsp3) is 0.375. The molecule has 6 heteroatoms. The fourth-order valence-corrected chi connectivity index (χ4v) is 2.63. The maximum atomic E-state index is 12.5. The summed E-state index contributed by atoms with van der Waals surface area (Å²) in [5.41, 5.74) is 0.426. The molecule has 0 unspecified atom stereocenters. The van der Waals surface area contributed by atoms with E-state index in [0.29, 0.717) is 11.0 Å². The molecule has 0 aliphatic rings. The molecule has 14 heavy (non-hydrogen) atoms. The first kappa shape index (κ1) is 12.3. The maximum Gasteiger partial charge on any atom is 0.280 e. The SMILES string of the molecule is OCc1cc(I)c(CBr)nc1C(F)F. The number of aliphatic hydroxyl groups is 1. The summed E-state index contributed by atoms with van der Waals surface area (Å²) in [7, 11) is 0. The molecule has 2 nitrogen and oxygen atoms in total. The Morgan fingerprint density at radius 1 is 1.57 bits per heavy atom. The van der Waals surface area contributed by atoms with Gasteiger partial charge in [0.1, 0.15) is 5.69 Å². The molecule has 0 amide bonds. The van der Waals surface area contributed by atoms with E-state index in [-0.39, 0.29) is 11.3 Å². The van der Waals surface area contributed by atoms with Gasteiger partial charge < -0.3 is 5.11 Å². The van der Waals surface area contributed by atoms with E-state index in [1.165, 1.54) is 6.07 Å². The highest BCUT2D eigenvalue weighted by Gasteiger charge is 2.16. The minimum atomic E-state index is -2.65. The smallest absolute Gasteiger partial charge is 0.280 e. The first-order valence-corrected chi connectivity index (χ1v) is 5.93. The Balaban J connectivity index is 3.25. The van der Waals surface area contributed by atoms with Crippen LogP contribution in [0, 0.1) is 3.57 Å². The lowest BCUT2D eigenvalue weighted by Gasteiger charge is -2.09. The summed E-state index contributed by atoms with van der Waals surface area (Å²) in [4.78, 5) is 3.80. The summed E-state index contributed by atoms with van der Waals surface area (Å²) in [6.07, 6.45) is -2.65. The number of alkyl halides is 3. The minimum Gasteiger partial charge on any atom is -0.392 e. The molecule has 0 bridgehead atoms. The topological polar surface area (TPSA) is 33.1 Å². The van der Waals surface area contributed by atoms with Gasteiger partial charge in [-0.05, 0) is 28.7 Å². The molecule has 1 N–H and O–H groups in total. The molecule has 1 aromatic rings. The monoisotopic (exact) mass is 377 g/mol. The second-order valence-electron chi connectivity index (χ2n) is 2.55. The van der Waals surface area contributed by atoms with Crippen molar-refractivity contribution >= 4 is 38.5 Å². The van der Waals surface area contributed by atoms with E-state index in [1.54, 1.807) is 0 Å². The van der Waals surface area contributed by atoms with Crippen molar-refractivity contribution in [1.82, 2.24) is 4.98 Å². The zero-order chi connectivity index (χ0) is 10.7. The van der Waals surface area contributed by atoms with E-state index >= 15 is 0 Å². The van der Waals surface area contributed by atoms with Gasteiger partial charge in [0.25, 0.3) is 6.43 Å². The van der Waals surface area contributed by atoms with Crippen molar-refractivity contribution < 1.29 is 13.9 Å². The van der Waals surface area contributed by atoms with Gasteiger partial charge in [-0.3, -0.25) is 0 Å². The Kier molecular flexibility index (Phi) is 4.65. The van der Waals surface area contributed by atoms with E-state index in [0.717, 1.165) is 3.57 Å². The van der Waals surface area contributed by atoms with Crippen molar-refractivity contribution in [2.45, 2.75) is 18.4 Å². The van der Waals surface area contributed by atoms with Crippen molar-refractivity contribution in [3.8, 4) is 0 Å². The lowest BCUT2D eigenvalue weighted by molar-refractivity contribution is 0.141. The van der Waals surface area contributed by atoms with Crippen LogP contribution >= 0.6 is 38.5 Å². The predicted molar refractivity (Wildman–Crippen MR) is 60.5 cm³/mol. The largest absolute Gasteiger partial charge is 0.392 e. The van der Waals surface area contributed by atoms with E-state index in [1.807, 2.05) is 22.6 Å². The molecule has 1 aromatic heterocycles. The highest BCUT2D eigenvalue weighted by Crippen LogP contribution is 2.25. The standard InChI is InChI=1S/C8H7BrF2INO/c9-2-6-5(12)1-4(3-14)7(13-6)8(10)11/h1,8,14H,2-3H2. The predicted octanol–water partition coefficient (Wildman–Crippen LogP) is 3.01. The second-order valence-corrected chi connectivity index (χ2v) is 4.28. The highest BCUT2D eigenvalue weighted by atomic mass is 127. The van der Waals surface area contributed by atoms with Crippen molar-refractivity contribution in [2.24, 2.45) is 0 Å². The summed E-state index contributed by atoms with van der Waals surface area (Å²) in [6.45, 7) is -0.411. The minimum absolute atomic E-state index is 0.189. The summed E-state index contributed by atoms with van der Waals surface area (Å²) >= 11 is 5.16. The number of aliphatic hydroxyl groups excluding tert-OH is 1. The second kappa shape index (κ2) is 5.32. The van der Waals surface area contributed by atoms with E-state index < -0.39 is 13.0 Å². The average Bonchev–Trinajstić information content (AvgIpc) is 2.16. The number of halogens is 4. The normalized spacial score (nSPS) is 11.0. The summed E-state index contributed by atoms with van der Waals surface area (Å²) in [6, 6.07) is 1.53. The number of hydrogen-bond acceptors (Lipinski definition) is 2. The molecule has 0 saturated carbocycles. The molecular weight excluding hydrogens is 371 g/mol. The van der Waals surface area contributed by atoms with Crippen LogP contribution in [0.3, 0.4) is 0 Å². The third-order valence-corrected chi connectivity index (χ3v) is 3.13. The van der Waals surface area contributed by atoms with Crippen LogP contribution in [0.4, 0.5) is 8.78 Å². The molecule has 0 saturated heterocycles. The number of pyridine rings is 1. The van der Waals surface area contributed by atoms with Gasteiger partial charge in [-0.25, -0.2) is 13.8 Å². The molecule has 0 fully saturated rings. The lowest BCUT2D eigenvalue weighted by atomic mass is 10.2. The molecular formula is C8H7BrF2INO. The van der Waals surface area contributed by atoms with Crippen LogP contribution in [0.2, 0.25) is 0 Å². The molecule has 0 radical (unpaired) electrons. The van der Waals surface area contributed by atoms with Crippen LogP contribution in [-0.4, -0.2) is 10.1 Å². The van der Waals surface area contributed by atoms with E-state index in [4.69, 9.17) is 5.11 Å². The Hall–Kier alpha value is 0.180. The van der Waals surface area contributed by atoms with Gasteiger partial charge >= 0.3 is 0 Å². The molecule has 0 aromatic carbocycles. The average molecular weight is 378 g/mol. The Morgan fingerprint density at radius 2 is 2.21 bits per heavy atom. The zero-order valence-electron chi connectivity index (χ0n) is 6.98. The van der Waals surface area contributed by atoms with E-state index in [2.05, 4.69) is 20.9 Å². The quantitative estimate of drug-likeness (QED) is 0.648. The Bertz CT molecular complexity index is 335. The van der Waals surface area contributed by atoms with Crippen LogP contribution < -0.4 is 0 Å². The summed E-state index contributed by atoms with van der Waals surface area (Å²) in [5, 5.41) is 9.29. The van der Waals surface area contributed by atoms with Crippen molar-refractivity contribution in [3.63, 3.8) is 0 Å². The molecule has 1 heterocycles. The van der Waals surface area contributed by atoms with Crippen molar-refractivity contribution in [2.75, 3.05) is 0 Å². The van der Waals surface area contributed by atoms with Gasteiger partial charge in [0.2, 0.25) is 0 Å². The third kappa shape index (κ3) is 2.60. The van der Waals surface area contributed by atoms with Gasteiger partial charge in [-0.1, -0.05) is 15.9 Å². The summed E-state index contributed by atoms with van der Waals surface area (Å²) < 4.78 is 25.7. The molecule has 1 rings (SSSR count). The molecule has 0 aliphatic heterocycles.